The smallest absolute Gasteiger partial charge is 0.0406 e. The van der Waals surface area contributed by atoms with Crippen LogP contribution in [0.3, 0.4) is 0 Å². The molecule has 0 fully saturated rings. The lowest BCUT2D eigenvalue weighted by Crippen LogP contribution is -1.72. The van der Waals surface area contributed by atoms with E-state index < -0.39 is 0 Å². The molecule has 0 saturated carbocycles. The van der Waals surface area contributed by atoms with Gasteiger partial charge in [-0.25, -0.2) is 0 Å². The number of hydrogen-bond donors (Lipinski definition) is 1. The van der Waals surface area contributed by atoms with Crippen LogP contribution in [-0.4, -0.2) is 4.98 Å². The van der Waals surface area contributed by atoms with Crippen LogP contribution in [0, 0.1) is 6.92 Å². The van der Waals surface area contributed by atoms with Gasteiger partial charge in [-0.1, -0.05) is 13.0 Å². The minimum Gasteiger partial charge on any atom is -0.361 e. The number of aryl methyl sites for hydroxylation is 1. The van der Waals surface area contributed by atoms with Crippen LogP contribution in [0.15, 0.2) is 18.3 Å². The van der Waals surface area contributed by atoms with Gasteiger partial charge >= 0.3 is 0 Å². The van der Waals surface area contributed by atoms with Crippen LogP contribution in [0.4, 0.5) is 0 Å². The van der Waals surface area contributed by atoms with Gasteiger partial charge in [-0.3, -0.25) is 0 Å². The Morgan fingerprint density at radius 1 is 1.60 bits per heavy atom. The first-order valence-electron chi connectivity index (χ1n) is 3.65. The third-order valence-corrected chi connectivity index (χ3v) is 1.52. The van der Waals surface area contributed by atoms with Gasteiger partial charge in [-0.05, 0) is 31.1 Å². The van der Waals surface area contributed by atoms with Crippen LogP contribution in [0.2, 0.25) is 0 Å². The van der Waals surface area contributed by atoms with E-state index in [4.69, 9.17) is 0 Å². The molecule has 1 rings (SSSR count). The fourth-order valence-electron chi connectivity index (χ4n) is 0.875. The average molecular weight is 135 g/mol. The molecule has 0 atom stereocenters. The van der Waals surface area contributed by atoms with E-state index in [-0.39, 0.29) is 0 Å². The molecule has 1 N–H and O–H groups in total. The van der Waals surface area contributed by atoms with Crippen LogP contribution in [0.5, 0.6) is 0 Å². The Morgan fingerprint density at radius 2 is 2.40 bits per heavy atom. The second-order valence-corrected chi connectivity index (χ2v) is 2.38. The maximum atomic E-state index is 3.15. The van der Waals surface area contributed by atoms with Gasteiger partial charge in [-0.15, -0.1) is 0 Å². The fraction of sp³-hybridized carbons (Fsp3) is 0.333. The van der Waals surface area contributed by atoms with Crippen molar-refractivity contribution in [2.75, 3.05) is 0 Å². The first kappa shape index (κ1) is 7.13. The van der Waals surface area contributed by atoms with E-state index in [1.165, 1.54) is 11.3 Å². The SMILES string of the molecule is CCC=Cc1[nH]ccc1C. The maximum Gasteiger partial charge on any atom is 0.0406 e. The summed E-state index contributed by atoms with van der Waals surface area (Å²) in [5.41, 5.74) is 2.53. The van der Waals surface area contributed by atoms with Crippen LogP contribution in [0.25, 0.3) is 6.08 Å². The summed E-state index contributed by atoms with van der Waals surface area (Å²) in [4.78, 5) is 3.15. The highest BCUT2D eigenvalue weighted by molar-refractivity contribution is 5.48. The molecule has 1 heteroatoms. The van der Waals surface area contributed by atoms with Crippen molar-refractivity contribution in [1.29, 1.82) is 0 Å². The summed E-state index contributed by atoms with van der Waals surface area (Å²) in [7, 11) is 0. The lowest BCUT2D eigenvalue weighted by atomic mass is 10.2. The molecule has 0 aromatic carbocycles. The zero-order valence-electron chi connectivity index (χ0n) is 6.52. The highest BCUT2D eigenvalue weighted by Gasteiger charge is 1.90. The highest BCUT2D eigenvalue weighted by atomic mass is 14.7. The molecule has 54 valence electrons. The number of hydrogen-bond acceptors (Lipinski definition) is 0. The van der Waals surface area contributed by atoms with Gasteiger partial charge in [0.1, 0.15) is 0 Å². The summed E-state index contributed by atoms with van der Waals surface area (Å²) >= 11 is 0. The molecule has 0 aliphatic carbocycles. The van der Waals surface area contributed by atoms with Gasteiger partial charge < -0.3 is 4.98 Å². The van der Waals surface area contributed by atoms with Gasteiger partial charge in [0.05, 0.1) is 0 Å². The van der Waals surface area contributed by atoms with Crippen molar-refractivity contribution >= 4 is 6.08 Å². The quantitative estimate of drug-likeness (QED) is 0.641. The van der Waals surface area contributed by atoms with E-state index in [9.17, 15) is 0 Å². The zero-order valence-corrected chi connectivity index (χ0v) is 6.52. The summed E-state index contributed by atoms with van der Waals surface area (Å²) < 4.78 is 0. The molecule has 0 radical (unpaired) electrons. The molecule has 0 aliphatic heterocycles. The first-order valence-corrected chi connectivity index (χ1v) is 3.65. The van der Waals surface area contributed by atoms with E-state index in [0.717, 1.165) is 6.42 Å². The Balaban J connectivity index is 2.74. The number of nitrogens with one attached hydrogen (secondary N) is 1. The monoisotopic (exact) mass is 135 g/mol. The Hall–Kier alpha value is -0.980. The molecule has 1 nitrogen and oxygen atoms in total. The third-order valence-electron chi connectivity index (χ3n) is 1.52. The van der Waals surface area contributed by atoms with E-state index in [1.54, 1.807) is 0 Å². The average Bonchev–Trinajstić information content (AvgIpc) is 2.31. The Morgan fingerprint density at radius 3 is 2.90 bits per heavy atom. The fourth-order valence-corrected chi connectivity index (χ4v) is 0.875. The molecule has 0 aliphatic rings. The molecule has 10 heavy (non-hydrogen) atoms. The molecule has 1 heterocycles. The summed E-state index contributed by atoms with van der Waals surface area (Å²) in [5.74, 6) is 0. The van der Waals surface area contributed by atoms with Crippen molar-refractivity contribution in [1.82, 2.24) is 4.98 Å². The summed E-state index contributed by atoms with van der Waals surface area (Å²) in [5, 5.41) is 0. The summed E-state index contributed by atoms with van der Waals surface area (Å²) in [6, 6.07) is 2.08. The topological polar surface area (TPSA) is 15.8 Å². The molecule has 0 spiro atoms. The van der Waals surface area contributed by atoms with Crippen LogP contribution >= 0.6 is 0 Å². The predicted octanol–water partition coefficient (Wildman–Crippen LogP) is 2.75. The number of aromatic nitrogens is 1. The van der Waals surface area contributed by atoms with Crippen LogP contribution in [-0.2, 0) is 0 Å². The number of aromatic amines is 1. The predicted molar refractivity (Wildman–Crippen MR) is 44.9 cm³/mol. The van der Waals surface area contributed by atoms with E-state index >= 15 is 0 Å². The van der Waals surface area contributed by atoms with E-state index in [2.05, 4.69) is 37.0 Å². The van der Waals surface area contributed by atoms with Crippen molar-refractivity contribution in [3.05, 3.63) is 29.6 Å². The van der Waals surface area contributed by atoms with Gasteiger partial charge in [0.15, 0.2) is 0 Å². The minimum atomic E-state index is 1.10. The second-order valence-electron chi connectivity index (χ2n) is 2.38. The Bertz CT molecular complexity index is 220. The Kier molecular flexibility index (Phi) is 2.32. The molecule has 1 aromatic rings. The normalized spacial score (nSPS) is 11.0. The molecular formula is C9H13N. The van der Waals surface area contributed by atoms with Crippen molar-refractivity contribution in [2.24, 2.45) is 0 Å². The molecule has 0 amide bonds. The van der Waals surface area contributed by atoms with Crippen molar-refractivity contribution in [3.63, 3.8) is 0 Å². The summed E-state index contributed by atoms with van der Waals surface area (Å²) in [6.07, 6.45) is 7.33. The Labute approximate surface area is 61.8 Å². The number of rotatable bonds is 2. The highest BCUT2D eigenvalue weighted by Crippen LogP contribution is 2.06. The lowest BCUT2D eigenvalue weighted by Gasteiger charge is -1.87. The van der Waals surface area contributed by atoms with Crippen molar-refractivity contribution in [2.45, 2.75) is 20.3 Å². The van der Waals surface area contributed by atoms with Crippen molar-refractivity contribution in [3.8, 4) is 0 Å². The largest absolute Gasteiger partial charge is 0.361 e. The standard InChI is InChI=1S/C9H13N/c1-3-4-5-9-8(2)6-7-10-9/h4-7,10H,3H2,1-2H3. The van der Waals surface area contributed by atoms with Gasteiger partial charge in [0, 0.05) is 11.9 Å². The lowest BCUT2D eigenvalue weighted by molar-refractivity contribution is 1.23. The molecular weight excluding hydrogens is 122 g/mol. The van der Waals surface area contributed by atoms with E-state index in [0.29, 0.717) is 0 Å². The third kappa shape index (κ3) is 1.50. The number of allylic oxidation sites excluding steroid dienone is 1. The molecule has 0 bridgehead atoms. The van der Waals surface area contributed by atoms with E-state index in [1.807, 2.05) is 6.20 Å². The van der Waals surface area contributed by atoms with Gasteiger partial charge in [-0.2, -0.15) is 0 Å². The van der Waals surface area contributed by atoms with Crippen molar-refractivity contribution < 1.29 is 0 Å². The van der Waals surface area contributed by atoms with Gasteiger partial charge in [0.2, 0.25) is 0 Å². The molecule has 0 saturated heterocycles. The van der Waals surface area contributed by atoms with Gasteiger partial charge in [0.25, 0.3) is 0 Å². The summed E-state index contributed by atoms with van der Waals surface area (Å²) in [6.45, 7) is 4.24. The maximum absolute atomic E-state index is 3.15. The number of H-pyrrole nitrogens is 1. The molecule has 0 unspecified atom stereocenters. The van der Waals surface area contributed by atoms with Crippen LogP contribution < -0.4 is 0 Å². The van der Waals surface area contributed by atoms with Crippen LogP contribution in [0.1, 0.15) is 24.6 Å². The zero-order chi connectivity index (χ0) is 7.40. The minimum absolute atomic E-state index is 1.10. The first-order chi connectivity index (χ1) is 4.84. The second kappa shape index (κ2) is 3.25. The molecule has 1 aromatic heterocycles.